The number of methoxy groups -OCH3 is 1. The van der Waals surface area contributed by atoms with Crippen LogP contribution in [0.1, 0.15) is 5.56 Å². The summed E-state index contributed by atoms with van der Waals surface area (Å²) in [4.78, 5) is 38.1. The van der Waals surface area contributed by atoms with Crippen molar-refractivity contribution < 1.29 is 23.9 Å². The summed E-state index contributed by atoms with van der Waals surface area (Å²) in [5, 5.41) is 3.06. The van der Waals surface area contributed by atoms with Gasteiger partial charge in [0, 0.05) is 23.1 Å². The first-order valence-electron chi connectivity index (χ1n) is 9.12. The molecule has 3 rings (SSSR count). The second-order valence-corrected chi connectivity index (χ2v) is 8.13. The Bertz CT molecular complexity index is 1040. The number of rotatable bonds is 8. The largest absolute Gasteiger partial charge is 0.493 e. The fraction of sp³-hybridized carbons (Fsp3) is 0.190. The van der Waals surface area contributed by atoms with E-state index in [1.54, 1.807) is 48.5 Å². The van der Waals surface area contributed by atoms with Crippen molar-refractivity contribution in [2.45, 2.75) is 0 Å². The molecule has 0 saturated carbocycles. The number of para-hydroxylation sites is 2. The number of thioether (sulfide) groups is 1. The normalized spacial score (nSPS) is 14.8. The van der Waals surface area contributed by atoms with Crippen molar-refractivity contribution in [1.29, 1.82) is 0 Å². The SMILES string of the molecule is COc1ccccc1OCC(=O)NCCN1C(=O)S/C(=C\c2ccc(Cl)cc2Cl)C1=O. The molecule has 2 aromatic carbocycles. The number of halogens is 2. The first-order chi connectivity index (χ1) is 14.9. The molecule has 0 aliphatic carbocycles. The predicted octanol–water partition coefficient (Wildman–Crippen LogP) is 4.23. The lowest BCUT2D eigenvalue weighted by Crippen LogP contribution is -2.38. The maximum Gasteiger partial charge on any atom is 0.293 e. The molecular formula is C21H18Cl2N2O5S. The van der Waals surface area contributed by atoms with Gasteiger partial charge in [0.1, 0.15) is 0 Å². The standard InChI is InChI=1S/C21H18Cl2N2O5S/c1-29-16-4-2-3-5-17(16)30-12-19(26)24-8-9-25-20(27)18(31-21(25)28)10-13-6-7-14(22)11-15(13)23/h2-7,10-11H,8-9,12H2,1H3,(H,24,26)/b18-10-. The van der Waals surface area contributed by atoms with Gasteiger partial charge < -0.3 is 14.8 Å². The fourth-order valence-electron chi connectivity index (χ4n) is 2.69. The van der Waals surface area contributed by atoms with Gasteiger partial charge in [-0.05, 0) is 47.7 Å². The molecule has 0 spiro atoms. The molecule has 3 amide bonds. The van der Waals surface area contributed by atoms with Gasteiger partial charge in [-0.15, -0.1) is 0 Å². The van der Waals surface area contributed by atoms with Gasteiger partial charge in [0.25, 0.3) is 17.1 Å². The number of hydrogen-bond acceptors (Lipinski definition) is 6. The highest BCUT2D eigenvalue weighted by Gasteiger charge is 2.34. The summed E-state index contributed by atoms with van der Waals surface area (Å²) in [6, 6.07) is 11.8. The molecule has 31 heavy (non-hydrogen) atoms. The summed E-state index contributed by atoms with van der Waals surface area (Å²) in [6.45, 7) is -0.0882. The average molecular weight is 481 g/mol. The average Bonchev–Trinajstić information content (AvgIpc) is 3.01. The molecule has 0 bridgehead atoms. The topological polar surface area (TPSA) is 84.9 Å². The van der Waals surface area contributed by atoms with Crippen LogP contribution in [-0.4, -0.2) is 48.8 Å². The Hall–Kier alpha value is -2.68. The first-order valence-corrected chi connectivity index (χ1v) is 10.7. The zero-order chi connectivity index (χ0) is 22.4. The lowest BCUT2D eigenvalue weighted by molar-refractivity contribution is -0.125. The van der Waals surface area contributed by atoms with Gasteiger partial charge in [0.15, 0.2) is 18.1 Å². The Balaban J connectivity index is 1.51. The minimum absolute atomic E-state index is 0.0384. The second kappa shape index (κ2) is 10.6. The van der Waals surface area contributed by atoms with Crippen LogP contribution in [0, 0.1) is 0 Å². The van der Waals surface area contributed by atoms with Gasteiger partial charge >= 0.3 is 0 Å². The maximum atomic E-state index is 12.6. The van der Waals surface area contributed by atoms with Crippen LogP contribution in [0.2, 0.25) is 10.0 Å². The van der Waals surface area contributed by atoms with Crippen molar-refractivity contribution in [3.63, 3.8) is 0 Å². The molecule has 1 fully saturated rings. The summed E-state index contributed by atoms with van der Waals surface area (Å²) in [6.07, 6.45) is 1.54. The lowest BCUT2D eigenvalue weighted by atomic mass is 10.2. The van der Waals surface area contributed by atoms with E-state index in [2.05, 4.69) is 5.32 Å². The van der Waals surface area contributed by atoms with E-state index < -0.39 is 11.1 Å². The highest BCUT2D eigenvalue weighted by Crippen LogP contribution is 2.33. The molecule has 10 heteroatoms. The Morgan fingerprint density at radius 1 is 1.16 bits per heavy atom. The number of carbonyl (C=O) groups excluding carboxylic acids is 3. The molecule has 7 nitrogen and oxygen atoms in total. The number of amides is 3. The van der Waals surface area contributed by atoms with E-state index in [1.807, 2.05) is 0 Å². The van der Waals surface area contributed by atoms with E-state index in [-0.39, 0.29) is 30.5 Å². The zero-order valence-corrected chi connectivity index (χ0v) is 18.7. The monoisotopic (exact) mass is 480 g/mol. The molecule has 0 unspecified atom stereocenters. The Morgan fingerprint density at radius 2 is 1.90 bits per heavy atom. The predicted molar refractivity (Wildman–Crippen MR) is 121 cm³/mol. The van der Waals surface area contributed by atoms with Crippen molar-refractivity contribution in [3.05, 3.63) is 63.0 Å². The number of imide groups is 1. The third-order valence-electron chi connectivity index (χ3n) is 4.21. The molecule has 0 atom stereocenters. The van der Waals surface area contributed by atoms with Crippen LogP contribution in [0.4, 0.5) is 4.79 Å². The number of benzene rings is 2. The number of ether oxygens (including phenoxy) is 2. The van der Waals surface area contributed by atoms with Crippen molar-refractivity contribution in [3.8, 4) is 11.5 Å². The van der Waals surface area contributed by atoms with Gasteiger partial charge in [-0.25, -0.2) is 0 Å². The van der Waals surface area contributed by atoms with Gasteiger partial charge in [-0.3, -0.25) is 19.3 Å². The van der Waals surface area contributed by atoms with E-state index in [0.29, 0.717) is 27.1 Å². The van der Waals surface area contributed by atoms with Gasteiger partial charge in [-0.2, -0.15) is 0 Å². The summed E-state index contributed by atoms with van der Waals surface area (Å²) < 4.78 is 10.6. The van der Waals surface area contributed by atoms with Gasteiger partial charge in [-0.1, -0.05) is 41.4 Å². The van der Waals surface area contributed by atoms with Crippen LogP contribution >= 0.6 is 35.0 Å². The van der Waals surface area contributed by atoms with Crippen LogP contribution < -0.4 is 14.8 Å². The van der Waals surface area contributed by atoms with Crippen LogP contribution in [0.15, 0.2) is 47.4 Å². The summed E-state index contributed by atoms with van der Waals surface area (Å²) in [5.74, 6) is 0.125. The molecule has 1 N–H and O–H groups in total. The lowest BCUT2D eigenvalue weighted by Gasteiger charge is -2.14. The smallest absolute Gasteiger partial charge is 0.293 e. The third-order valence-corrected chi connectivity index (χ3v) is 5.68. The van der Waals surface area contributed by atoms with Crippen LogP contribution in [0.25, 0.3) is 6.08 Å². The Kier molecular flexibility index (Phi) is 7.84. The number of nitrogens with one attached hydrogen (secondary N) is 1. The van der Waals surface area contributed by atoms with Crippen LogP contribution in [0.5, 0.6) is 11.5 Å². The molecule has 1 saturated heterocycles. The number of carbonyl (C=O) groups is 3. The van der Waals surface area contributed by atoms with Crippen molar-refractivity contribution in [2.75, 3.05) is 26.8 Å². The number of hydrogen-bond donors (Lipinski definition) is 1. The van der Waals surface area contributed by atoms with Gasteiger partial charge in [0.05, 0.1) is 12.0 Å². The second-order valence-electron chi connectivity index (χ2n) is 6.29. The highest BCUT2D eigenvalue weighted by atomic mass is 35.5. The van der Waals surface area contributed by atoms with Crippen molar-refractivity contribution >= 4 is 58.1 Å². The van der Waals surface area contributed by atoms with Crippen LogP contribution in [-0.2, 0) is 9.59 Å². The molecule has 162 valence electrons. The Morgan fingerprint density at radius 3 is 2.61 bits per heavy atom. The van der Waals surface area contributed by atoms with Crippen LogP contribution in [0.3, 0.4) is 0 Å². The van der Waals surface area contributed by atoms with E-state index in [4.69, 9.17) is 32.7 Å². The molecular weight excluding hydrogens is 463 g/mol. The van der Waals surface area contributed by atoms with E-state index >= 15 is 0 Å². The fourth-order valence-corrected chi connectivity index (χ4v) is 4.01. The molecule has 0 radical (unpaired) electrons. The molecule has 1 aliphatic rings. The van der Waals surface area contributed by atoms with Gasteiger partial charge in [0.2, 0.25) is 0 Å². The van der Waals surface area contributed by atoms with Crippen molar-refractivity contribution in [2.24, 2.45) is 0 Å². The zero-order valence-electron chi connectivity index (χ0n) is 16.4. The Labute approximate surface area is 193 Å². The minimum atomic E-state index is -0.444. The summed E-state index contributed by atoms with van der Waals surface area (Å²) >= 11 is 12.8. The molecule has 2 aromatic rings. The van der Waals surface area contributed by atoms with E-state index in [0.717, 1.165) is 16.7 Å². The quantitative estimate of drug-likeness (QED) is 0.568. The first kappa shape index (κ1) is 23.0. The van der Waals surface area contributed by atoms with Crippen molar-refractivity contribution in [1.82, 2.24) is 10.2 Å². The summed E-state index contributed by atoms with van der Waals surface area (Å²) in [5.41, 5.74) is 0.582. The van der Waals surface area contributed by atoms with E-state index in [9.17, 15) is 14.4 Å². The van der Waals surface area contributed by atoms with E-state index in [1.165, 1.54) is 7.11 Å². The maximum absolute atomic E-state index is 12.6. The molecule has 1 heterocycles. The third kappa shape index (κ3) is 5.94. The summed E-state index contributed by atoms with van der Waals surface area (Å²) in [7, 11) is 1.51. The number of nitrogens with zero attached hydrogens (tertiary/aromatic N) is 1. The molecule has 0 aromatic heterocycles. The molecule has 1 aliphatic heterocycles. The minimum Gasteiger partial charge on any atom is -0.493 e. The highest BCUT2D eigenvalue weighted by molar-refractivity contribution is 8.18.